The van der Waals surface area contributed by atoms with Crippen LogP contribution < -0.4 is 5.73 Å². The van der Waals surface area contributed by atoms with Crippen LogP contribution in [-0.2, 0) is 19.9 Å². The molecular weight excluding hydrogens is 270 g/mol. The second-order valence-corrected chi connectivity index (χ2v) is 5.83. The van der Waals surface area contributed by atoms with E-state index >= 15 is 0 Å². The summed E-state index contributed by atoms with van der Waals surface area (Å²) in [7, 11) is 1.87. The molecule has 2 rings (SSSR count). The molecule has 0 saturated carbocycles. The van der Waals surface area contributed by atoms with Crippen LogP contribution in [0.4, 0.5) is 0 Å². The predicted octanol–water partition coefficient (Wildman–Crippen LogP) is 3.05. The molecule has 0 bridgehead atoms. The molecule has 20 heavy (non-hydrogen) atoms. The quantitative estimate of drug-likeness (QED) is 0.920. The Labute approximate surface area is 125 Å². The molecule has 2 N–H and O–H groups in total. The lowest BCUT2D eigenvalue weighted by Gasteiger charge is -2.15. The van der Waals surface area contributed by atoms with Gasteiger partial charge in [0.25, 0.3) is 0 Å². The van der Waals surface area contributed by atoms with E-state index in [1.54, 1.807) is 4.68 Å². The van der Waals surface area contributed by atoms with E-state index in [0.717, 1.165) is 29.3 Å². The molecule has 0 radical (unpaired) electrons. The van der Waals surface area contributed by atoms with Gasteiger partial charge >= 0.3 is 0 Å². The summed E-state index contributed by atoms with van der Waals surface area (Å²) in [5.41, 5.74) is 10.7. The minimum absolute atomic E-state index is 0.387. The van der Waals surface area contributed by atoms with E-state index in [1.807, 2.05) is 14.0 Å². The van der Waals surface area contributed by atoms with E-state index in [1.165, 1.54) is 11.1 Å². The van der Waals surface area contributed by atoms with Gasteiger partial charge in [-0.05, 0) is 44.7 Å². The summed E-state index contributed by atoms with van der Waals surface area (Å²) in [5, 5.41) is 5.09. The molecule has 1 aromatic heterocycles. The molecule has 0 fully saturated rings. The monoisotopic (exact) mass is 291 g/mol. The van der Waals surface area contributed by atoms with Gasteiger partial charge in [-0.2, -0.15) is 5.10 Å². The van der Waals surface area contributed by atoms with Crippen molar-refractivity contribution < 1.29 is 0 Å². The fourth-order valence-electron chi connectivity index (χ4n) is 2.49. The Hall–Kier alpha value is -1.32. The van der Waals surface area contributed by atoms with Crippen molar-refractivity contribution in [3.63, 3.8) is 0 Å². The minimum atomic E-state index is 0.387. The van der Waals surface area contributed by atoms with Gasteiger partial charge in [0.15, 0.2) is 0 Å². The summed E-state index contributed by atoms with van der Waals surface area (Å²) < 4.78 is 1.73. The van der Waals surface area contributed by atoms with Gasteiger partial charge in [-0.1, -0.05) is 41.4 Å². The zero-order valence-corrected chi connectivity index (χ0v) is 13.1. The molecule has 0 aliphatic rings. The van der Waals surface area contributed by atoms with Crippen LogP contribution in [0.25, 0.3) is 0 Å². The lowest BCUT2D eigenvalue weighted by Crippen LogP contribution is -2.19. The van der Waals surface area contributed by atoms with Crippen LogP contribution in [0.3, 0.4) is 0 Å². The van der Waals surface area contributed by atoms with Crippen molar-refractivity contribution in [2.75, 3.05) is 6.54 Å². The second kappa shape index (κ2) is 6.42. The second-order valence-electron chi connectivity index (χ2n) is 5.47. The minimum Gasteiger partial charge on any atom is -0.330 e. The van der Waals surface area contributed by atoms with Crippen molar-refractivity contribution in [1.29, 1.82) is 0 Å². The lowest BCUT2D eigenvalue weighted by atomic mass is 9.92. The Morgan fingerprint density at radius 2 is 1.85 bits per heavy atom. The first-order valence-electron chi connectivity index (χ1n) is 6.94. The van der Waals surface area contributed by atoms with Crippen molar-refractivity contribution >= 4 is 11.6 Å². The fraction of sp³-hybridized carbons (Fsp3) is 0.438. The average molecular weight is 292 g/mol. The van der Waals surface area contributed by atoms with Crippen molar-refractivity contribution in [3.05, 3.63) is 51.8 Å². The molecule has 0 saturated heterocycles. The number of benzene rings is 1. The van der Waals surface area contributed by atoms with E-state index < -0.39 is 0 Å². The Bertz CT molecular complexity index is 572. The van der Waals surface area contributed by atoms with E-state index in [2.05, 4.69) is 36.3 Å². The number of rotatable bonds is 5. The standard InChI is InChI=1S/C16H22ClN3/c1-11-4-6-13(7-5-11)8-14(10-18)9-15-12(2)19-20(3)16(15)17/h4-7,14H,8-10,18H2,1-3H3. The fourth-order valence-corrected chi connectivity index (χ4v) is 2.74. The number of hydrogen-bond acceptors (Lipinski definition) is 2. The Morgan fingerprint density at radius 1 is 1.20 bits per heavy atom. The third-order valence-electron chi connectivity index (χ3n) is 3.74. The largest absolute Gasteiger partial charge is 0.330 e. The van der Waals surface area contributed by atoms with Crippen LogP contribution in [0, 0.1) is 19.8 Å². The Balaban J connectivity index is 2.11. The highest BCUT2D eigenvalue weighted by Gasteiger charge is 2.16. The van der Waals surface area contributed by atoms with Crippen LogP contribution >= 0.6 is 11.6 Å². The first-order chi connectivity index (χ1) is 9.51. The summed E-state index contributed by atoms with van der Waals surface area (Å²) in [6, 6.07) is 8.64. The zero-order valence-electron chi connectivity index (χ0n) is 12.4. The molecule has 0 amide bonds. The van der Waals surface area contributed by atoms with Gasteiger partial charge in [0, 0.05) is 12.6 Å². The maximum Gasteiger partial charge on any atom is 0.130 e. The maximum atomic E-state index is 6.30. The van der Waals surface area contributed by atoms with Crippen LogP contribution in [0.15, 0.2) is 24.3 Å². The van der Waals surface area contributed by atoms with E-state index in [-0.39, 0.29) is 0 Å². The summed E-state index contributed by atoms with van der Waals surface area (Å²) in [4.78, 5) is 0. The van der Waals surface area contributed by atoms with Crippen molar-refractivity contribution in [2.45, 2.75) is 26.7 Å². The van der Waals surface area contributed by atoms with Crippen LogP contribution in [0.1, 0.15) is 22.4 Å². The molecule has 1 aromatic carbocycles. The van der Waals surface area contributed by atoms with Gasteiger partial charge in [-0.25, -0.2) is 0 Å². The van der Waals surface area contributed by atoms with Crippen molar-refractivity contribution in [2.24, 2.45) is 18.7 Å². The number of aryl methyl sites for hydroxylation is 3. The Morgan fingerprint density at radius 3 is 2.35 bits per heavy atom. The topological polar surface area (TPSA) is 43.8 Å². The highest BCUT2D eigenvalue weighted by Crippen LogP contribution is 2.23. The molecule has 3 nitrogen and oxygen atoms in total. The van der Waals surface area contributed by atoms with Gasteiger partial charge in [0.2, 0.25) is 0 Å². The molecule has 0 aliphatic carbocycles. The summed E-state index contributed by atoms with van der Waals surface area (Å²) in [6.45, 7) is 4.75. The SMILES string of the molecule is Cc1ccc(CC(CN)Cc2c(C)nn(C)c2Cl)cc1. The summed E-state index contributed by atoms with van der Waals surface area (Å²) in [5.74, 6) is 0.387. The maximum absolute atomic E-state index is 6.30. The number of nitrogens with zero attached hydrogens (tertiary/aromatic N) is 2. The molecule has 0 spiro atoms. The highest BCUT2D eigenvalue weighted by molar-refractivity contribution is 6.30. The molecule has 108 valence electrons. The number of halogens is 1. The predicted molar refractivity (Wildman–Crippen MR) is 84.1 cm³/mol. The van der Waals surface area contributed by atoms with E-state index in [4.69, 9.17) is 17.3 Å². The van der Waals surface area contributed by atoms with Crippen molar-refractivity contribution in [3.8, 4) is 0 Å². The van der Waals surface area contributed by atoms with E-state index in [0.29, 0.717) is 12.5 Å². The summed E-state index contributed by atoms with van der Waals surface area (Å²) >= 11 is 6.30. The zero-order chi connectivity index (χ0) is 14.7. The smallest absolute Gasteiger partial charge is 0.130 e. The van der Waals surface area contributed by atoms with Crippen LogP contribution in [-0.4, -0.2) is 16.3 Å². The summed E-state index contributed by atoms with van der Waals surface area (Å²) in [6.07, 6.45) is 1.85. The number of aromatic nitrogens is 2. The number of hydrogen-bond donors (Lipinski definition) is 1. The average Bonchev–Trinajstić information content (AvgIpc) is 2.66. The van der Waals surface area contributed by atoms with E-state index in [9.17, 15) is 0 Å². The molecule has 0 aliphatic heterocycles. The van der Waals surface area contributed by atoms with Gasteiger partial charge in [-0.3, -0.25) is 4.68 Å². The van der Waals surface area contributed by atoms with Crippen LogP contribution in [0.5, 0.6) is 0 Å². The molecule has 1 unspecified atom stereocenters. The van der Waals surface area contributed by atoms with Gasteiger partial charge < -0.3 is 5.73 Å². The first-order valence-corrected chi connectivity index (χ1v) is 7.32. The normalized spacial score (nSPS) is 12.7. The van der Waals surface area contributed by atoms with Gasteiger partial charge in [-0.15, -0.1) is 0 Å². The van der Waals surface area contributed by atoms with Gasteiger partial charge in [0.1, 0.15) is 5.15 Å². The molecule has 4 heteroatoms. The first kappa shape index (κ1) is 15.1. The molecule has 2 aromatic rings. The van der Waals surface area contributed by atoms with Crippen LogP contribution in [0.2, 0.25) is 5.15 Å². The van der Waals surface area contributed by atoms with Gasteiger partial charge in [0.05, 0.1) is 5.69 Å². The highest BCUT2D eigenvalue weighted by atomic mass is 35.5. The number of nitrogens with two attached hydrogens (primary N) is 1. The Kier molecular flexibility index (Phi) is 4.84. The third-order valence-corrected chi connectivity index (χ3v) is 4.21. The lowest BCUT2D eigenvalue weighted by molar-refractivity contribution is 0.532. The molecular formula is C16H22ClN3. The molecule has 1 atom stereocenters. The molecule has 1 heterocycles. The van der Waals surface area contributed by atoms with Crippen molar-refractivity contribution in [1.82, 2.24) is 9.78 Å². The third kappa shape index (κ3) is 3.41.